The highest BCUT2D eigenvalue weighted by atomic mass is 16.5. The third-order valence-corrected chi connectivity index (χ3v) is 4.72. The maximum atomic E-state index is 5.73. The number of ether oxygens (including phenoxy) is 2. The van der Waals surface area contributed by atoms with Crippen LogP contribution in [0.1, 0.15) is 23.1 Å². The Morgan fingerprint density at radius 1 is 1.00 bits per heavy atom. The molecule has 1 heterocycles. The quantitative estimate of drug-likeness (QED) is 0.828. The minimum Gasteiger partial charge on any atom is -0.493 e. The predicted molar refractivity (Wildman–Crippen MR) is 97.7 cm³/mol. The molecule has 4 heteroatoms. The lowest BCUT2D eigenvalue weighted by Gasteiger charge is -2.29. The zero-order valence-corrected chi connectivity index (χ0v) is 14.5. The second-order valence-corrected chi connectivity index (χ2v) is 6.35. The number of fused-ring (bicyclic) bond motifs is 1. The minimum atomic E-state index is 0.819. The lowest BCUT2D eigenvalue weighted by molar-refractivity contribution is 0.249. The van der Waals surface area contributed by atoms with Crippen LogP contribution in [0.2, 0.25) is 0 Å². The molecule has 0 saturated heterocycles. The highest BCUT2D eigenvalue weighted by molar-refractivity contribution is 5.48. The number of nitrogens with zero attached hydrogens (tertiary/aromatic N) is 1. The van der Waals surface area contributed by atoms with E-state index in [1.807, 2.05) is 12.1 Å². The molecular weight excluding hydrogens is 300 g/mol. The second-order valence-electron chi connectivity index (χ2n) is 6.35. The van der Waals surface area contributed by atoms with Crippen molar-refractivity contribution in [3.63, 3.8) is 0 Å². The molecule has 2 N–H and O–H groups in total. The van der Waals surface area contributed by atoms with E-state index in [0.29, 0.717) is 0 Å². The molecule has 0 fully saturated rings. The third-order valence-electron chi connectivity index (χ3n) is 4.72. The number of benzene rings is 2. The van der Waals surface area contributed by atoms with Crippen LogP contribution in [0.25, 0.3) is 0 Å². The third kappa shape index (κ3) is 3.82. The fourth-order valence-corrected chi connectivity index (χ4v) is 3.32. The summed E-state index contributed by atoms with van der Waals surface area (Å²) >= 11 is 0. The van der Waals surface area contributed by atoms with E-state index >= 15 is 0 Å². The molecule has 0 saturated carbocycles. The molecule has 0 aromatic heterocycles. The van der Waals surface area contributed by atoms with Crippen molar-refractivity contribution < 1.29 is 9.47 Å². The Labute approximate surface area is 144 Å². The predicted octanol–water partition coefficient (Wildman–Crippen LogP) is 3.28. The van der Waals surface area contributed by atoms with E-state index in [-0.39, 0.29) is 0 Å². The summed E-state index contributed by atoms with van der Waals surface area (Å²) in [5, 5.41) is 0. The summed E-state index contributed by atoms with van der Waals surface area (Å²) in [4.78, 5) is 2.52. The molecule has 0 amide bonds. The number of methoxy groups -OCH3 is 2. The maximum absolute atomic E-state index is 5.73. The molecule has 2 aromatic rings. The smallest absolute Gasteiger partial charge is 0.161 e. The van der Waals surface area contributed by atoms with Crippen molar-refractivity contribution in [2.75, 3.05) is 33.0 Å². The highest BCUT2D eigenvalue weighted by Crippen LogP contribution is 2.33. The number of aryl methyl sites for hydroxylation is 1. The Hall–Kier alpha value is -2.20. The molecule has 3 rings (SSSR count). The van der Waals surface area contributed by atoms with Gasteiger partial charge in [0.05, 0.1) is 14.2 Å². The zero-order chi connectivity index (χ0) is 16.9. The molecular formula is C20H26N2O2. The number of anilines is 1. The topological polar surface area (TPSA) is 47.7 Å². The first kappa shape index (κ1) is 16.7. The van der Waals surface area contributed by atoms with Gasteiger partial charge in [-0.3, -0.25) is 4.90 Å². The Morgan fingerprint density at radius 2 is 1.67 bits per heavy atom. The molecule has 2 aromatic carbocycles. The summed E-state index contributed by atoms with van der Waals surface area (Å²) in [6.07, 6.45) is 3.32. The molecule has 0 spiro atoms. The average Bonchev–Trinajstić information content (AvgIpc) is 2.62. The van der Waals surface area contributed by atoms with Crippen LogP contribution < -0.4 is 15.2 Å². The molecule has 0 bridgehead atoms. The van der Waals surface area contributed by atoms with Gasteiger partial charge in [0.1, 0.15) is 0 Å². The van der Waals surface area contributed by atoms with Crippen LogP contribution in [0.3, 0.4) is 0 Å². The minimum absolute atomic E-state index is 0.819. The first-order valence-electron chi connectivity index (χ1n) is 8.50. The van der Waals surface area contributed by atoms with Crippen molar-refractivity contribution in [3.05, 3.63) is 53.1 Å². The number of hydrogen-bond acceptors (Lipinski definition) is 4. The first-order chi connectivity index (χ1) is 11.7. The Balaban J connectivity index is 1.57. The van der Waals surface area contributed by atoms with Crippen LogP contribution in [-0.2, 0) is 19.4 Å². The van der Waals surface area contributed by atoms with Gasteiger partial charge < -0.3 is 15.2 Å². The van der Waals surface area contributed by atoms with Crippen molar-refractivity contribution in [3.8, 4) is 11.5 Å². The van der Waals surface area contributed by atoms with Crippen LogP contribution in [0, 0.1) is 0 Å². The van der Waals surface area contributed by atoms with E-state index in [0.717, 1.165) is 56.1 Å². The van der Waals surface area contributed by atoms with Gasteiger partial charge in [-0.2, -0.15) is 0 Å². The summed E-state index contributed by atoms with van der Waals surface area (Å²) < 4.78 is 10.8. The van der Waals surface area contributed by atoms with E-state index in [2.05, 4.69) is 29.2 Å². The van der Waals surface area contributed by atoms with Gasteiger partial charge >= 0.3 is 0 Å². The van der Waals surface area contributed by atoms with Crippen molar-refractivity contribution in [2.45, 2.75) is 25.8 Å². The average molecular weight is 326 g/mol. The molecule has 1 aliphatic heterocycles. The van der Waals surface area contributed by atoms with Gasteiger partial charge in [0, 0.05) is 18.8 Å². The van der Waals surface area contributed by atoms with Crippen LogP contribution >= 0.6 is 0 Å². The van der Waals surface area contributed by atoms with E-state index in [4.69, 9.17) is 15.2 Å². The summed E-state index contributed by atoms with van der Waals surface area (Å²) in [6, 6.07) is 12.5. The molecule has 1 aliphatic rings. The van der Waals surface area contributed by atoms with Gasteiger partial charge in [0.15, 0.2) is 11.5 Å². The van der Waals surface area contributed by atoms with Gasteiger partial charge in [0.25, 0.3) is 0 Å². The van der Waals surface area contributed by atoms with E-state index in [1.165, 1.54) is 16.7 Å². The molecule has 128 valence electrons. The van der Waals surface area contributed by atoms with Crippen LogP contribution in [0.4, 0.5) is 5.69 Å². The molecule has 0 aliphatic carbocycles. The molecule has 0 atom stereocenters. The Bertz CT molecular complexity index is 683. The van der Waals surface area contributed by atoms with Crippen LogP contribution in [-0.4, -0.2) is 32.2 Å². The zero-order valence-electron chi connectivity index (χ0n) is 14.5. The highest BCUT2D eigenvalue weighted by Gasteiger charge is 2.19. The number of rotatable bonds is 6. The monoisotopic (exact) mass is 326 g/mol. The van der Waals surface area contributed by atoms with Crippen LogP contribution in [0.5, 0.6) is 11.5 Å². The van der Waals surface area contributed by atoms with E-state index < -0.39 is 0 Å². The fourth-order valence-electron chi connectivity index (χ4n) is 3.32. The summed E-state index contributed by atoms with van der Waals surface area (Å²) in [7, 11) is 3.38. The van der Waals surface area contributed by atoms with E-state index in [9.17, 15) is 0 Å². The van der Waals surface area contributed by atoms with E-state index in [1.54, 1.807) is 14.2 Å². The number of hydrogen-bond donors (Lipinski definition) is 1. The second kappa shape index (κ2) is 7.58. The lowest BCUT2D eigenvalue weighted by atomic mass is 9.98. The van der Waals surface area contributed by atoms with Gasteiger partial charge in [-0.15, -0.1) is 0 Å². The summed E-state index contributed by atoms with van der Waals surface area (Å²) in [5.74, 6) is 1.65. The summed E-state index contributed by atoms with van der Waals surface area (Å²) in [5.41, 5.74) is 10.6. The van der Waals surface area contributed by atoms with Crippen molar-refractivity contribution >= 4 is 5.69 Å². The SMILES string of the molecule is COc1cc2c(cc1OC)CN(CCCc1ccc(N)cc1)CC2. The molecule has 0 radical (unpaired) electrons. The molecule has 4 nitrogen and oxygen atoms in total. The fraction of sp³-hybridized carbons (Fsp3) is 0.400. The maximum Gasteiger partial charge on any atom is 0.161 e. The lowest BCUT2D eigenvalue weighted by Crippen LogP contribution is -2.31. The largest absolute Gasteiger partial charge is 0.493 e. The molecule has 0 unspecified atom stereocenters. The van der Waals surface area contributed by atoms with Gasteiger partial charge in [-0.1, -0.05) is 12.1 Å². The van der Waals surface area contributed by atoms with Gasteiger partial charge in [0.2, 0.25) is 0 Å². The standard InChI is InChI=1S/C20H26N2O2/c1-23-19-12-16-9-11-22(14-17(16)13-20(19)24-2)10-3-4-15-5-7-18(21)8-6-15/h5-8,12-13H,3-4,9-11,14,21H2,1-2H3. The number of nitrogen functional groups attached to an aromatic ring is 1. The van der Waals surface area contributed by atoms with Gasteiger partial charge in [-0.05, 0) is 66.8 Å². The van der Waals surface area contributed by atoms with Gasteiger partial charge in [-0.25, -0.2) is 0 Å². The normalized spacial score (nSPS) is 14.2. The Kier molecular flexibility index (Phi) is 5.26. The molecule has 24 heavy (non-hydrogen) atoms. The van der Waals surface area contributed by atoms with Crippen molar-refractivity contribution in [2.24, 2.45) is 0 Å². The Morgan fingerprint density at radius 3 is 2.33 bits per heavy atom. The first-order valence-corrected chi connectivity index (χ1v) is 8.50. The van der Waals surface area contributed by atoms with Crippen molar-refractivity contribution in [1.82, 2.24) is 4.90 Å². The summed E-state index contributed by atoms with van der Waals surface area (Å²) in [6.45, 7) is 3.19. The number of nitrogens with two attached hydrogens (primary N) is 1. The van der Waals surface area contributed by atoms with Crippen molar-refractivity contribution in [1.29, 1.82) is 0 Å². The van der Waals surface area contributed by atoms with Crippen LogP contribution in [0.15, 0.2) is 36.4 Å².